The smallest absolute Gasteiger partial charge is 0.407 e. The number of hydrogen-bond donors (Lipinski definition) is 3. The Morgan fingerprint density at radius 1 is 1.12 bits per heavy atom. The van der Waals surface area contributed by atoms with E-state index in [2.05, 4.69) is 15.5 Å². The van der Waals surface area contributed by atoms with Crippen LogP contribution in [0.4, 0.5) is 4.79 Å². The Balaban J connectivity index is 1.26. The van der Waals surface area contributed by atoms with Gasteiger partial charge in [-0.3, -0.25) is 14.7 Å². The zero-order chi connectivity index (χ0) is 23.7. The molecule has 0 radical (unpaired) electrons. The van der Waals surface area contributed by atoms with E-state index in [4.69, 9.17) is 4.74 Å². The van der Waals surface area contributed by atoms with E-state index in [0.717, 1.165) is 33.5 Å². The summed E-state index contributed by atoms with van der Waals surface area (Å²) in [5.41, 5.74) is 6.19. The van der Waals surface area contributed by atoms with Gasteiger partial charge in [0.1, 0.15) is 12.6 Å². The predicted octanol–water partition coefficient (Wildman–Crippen LogP) is 2.68. The van der Waals surface area contributed by atoms with E-state index < -0.39 is 30.4 Å². The lowest BCUT2D eigenvalue weighted by Gasteiger charge is -2.30. The zero-order valence-corrected chi connectivity index (χ0v) is 18.4. The summed E-state index contributed by atoms with van der Waals surface area (Å²) in [7, 11) is 0. The molecule has 174 valence electrons. The summed E-state index contributed by atoms with van der Waals surface area (Å²) in [6.45, 7) is 0.805. The van der Waals surface area contributed by atoms with Crippen LogP contribution in [0, 0.1) is 0 Å². The second-order valence-corrected chi connectivity index (χ2v) is 8.50. The number of alkyl carbamates (subject to hydrolysis) is 1. The first-order valence-corrected chi connectivity index (χ1v) is 11.1. The molecule has 0 spiro atoms. The van der Waals surface area contributed by atoms with E-state index in [0.29, 0.717) is 19.5 Å². The largest absolute Gasteiger partial charge is 0.481 e. The normalized spacial score (nSPS) is 15.1. The van der Waals surface area contributed by atoms with Crippen molar-refractivity contribution in [3.05, 3.63) is 77.1 Å². The maximum Gasteiger partial charge on any atom is 0.407 e. The molecular formula is C25H24N4O5. The molecule has 5 rings (SSSR count). The zero-order valence-electron chi connectivity index (χ0n) is 18.4. The quantitative estimate of drug-likeness (QED) is 0.520. The van der Waals surface area contributed by atoms with Gasteiger partial charge in [0.25, 0.3) is 0 Å². The molecule has 1 atom stereocenters. The van der Waals surface area contributed by atoms with Crippen molar-refractivity contribution in [1.82, 2.24) is 20.4 Å². The summed E-state index contributed by atoms with van der Waals surface area (Å²) in [6.07, 6.45) is 0.895. The number of aromatic amines is 1. The van der Waals surface area contributed by atoms with Gasteiger partial charge in [-0.1, -0.05) is 48.5 Å². The van der Waals surface area contributed by atoms with Crippen molar-refractivity contribution in [1.29, 1.82) is 0 Å². The molecule has 9 heteroatoms. The number of aromatic nitrogens is 2. The van der Waals surface area contributed by atoms with E-state index in [1.165, 1.54) is 4.90 Å². The van der Waals surface area contributed by atoms with E-state index in [-0.39, 0.29) is 12.5 Å². The highest BCUT2D eigenvalue weighted by Crippen LogP contribution is 2.44. The minimum Gasteiger partial charge on any atom is -0.481 e. The van der Waals surface area contributed by atoms with Crippen molar-refractivity contribution >= 4 is 18.0 Å². The first kappa shape index (κ1) is 21.7. The van der Waals surface area contributed by atoms with E-state index in [9.17, 15) is 19.5 Å². The van der Waals surface area contributed by atoms with Crippen molar-refractivity contribution < 1.29 is 24.2 Å². The molecule has 2 aliphatic rings. The molecule has 0 saturated carbocycles. The predicted molar refractivity (Wildman–Crippen MR) is 122 cm³/mol. The van der Waals surface area contributed by atoms with Gasteiger partial charge in [0.05, 0.1) is 12.6 Å². The Kier molecular flexibility index (Phi) is 5.75. The number of rotatable bonds is 6. The maximum atomic E-state index is 13.1. The molecule has 0 bridgehead atoms. The fourth-order valence-electron chi connectivity index (χ4n) is 4.79. The van der Waals surface area contributed by atoms with Crippen LogP contribution < -0.4 is 5.32 Å². The molecular weight excluding hydrogens is 436 g/mol. The molecule has 3 aromatic rings. The lowest BCUT2D eigenvalue weighted by molar-refractivity contribution is -0.143. The molecule has 2 amide bonds. The Labute approximate surface area is 195 Å². The van der Waals surface area contributed by atoms with Crippen LogP contribution in [0.2, 0.25) is 0 Å². The van der Waals surface area contributed by atoms with Crippen molar-refractivity contribution in [2.45, 2.75) is 31.3 Å². The van der Waals surface area contributed by atoms with Gasteiger partial charge < -0.3 is 20.1 Å². The molecule has 34 heavy (non-hydrogen) atoms. The second kappa shape index (κ2) is 9.01. The number of carboxylic acid groups (broad SMARTS) is 1. The van der Waals surface area contributed by atoms with E-state index in [1.807, 2.05) is 48.5 Å². The minimum absolute atomic E-state index is 0.0793. The Hall–Kier alpha value is -4.14. The fraction of sp³-hybridized carbons (Fsp3) is 0.280. The van der Waals surface area contributed by atoms with Crippen LogP contribution in [0.15, 0.2) is 54.7 Å². The second-order valence-electron chi connectivity index (χ2n) is 8.50. The van der Waals surface area contributed by atoms with Gasteiger partial charge in [-0.15, -0.1) is 0 Å². The Morgan fingerprint density at radius 3 is 2.47 bits per heavy atom. The van der Waals surface area contributed by atoms with Crippen LogP contribution in [0.3, 0.4) is 0 Å². The monoisotopic (exact) mass is 460 g/mol. The van der Waals surface area contributed by atoms with Crippen LogP contribution in [-0.2, 0) is 27.3 Å². The highest BCUT2D eigenvalue weighted by Gasteiger charge is 2.33. The van der Waals surface area contributed by atoms with Gasteiger partial charge in [-0.25, -0.2) is 4.79 Å². The van der Waals surface area contributed by atoms with Gasteiger partial charge in [-0.2, -0.15) is 5.10 Å². The van der Waals surface area contributed by atoms with Crippen LogP contribution in [0.25, 0.3) is 11.1 Å². The van der Waals surface area contributed by atoms with Crippen LogP contribution in [0.5, 0.6) is 0 Å². The van der Waals surface area contributed by atoms with Crippen LogP contribution in [0.1, 0.15) is 34.7 Å². The Bertz CT molecular complexity index is 1210. The molecule has 3 N–H and O–H groups in total. The van der Waals surface area contributed by atoms with Gasteiger partial charge in [-0.05, 0) is 22.3 Å². The summed E-state index contributed by atoms with van der Waals surface area (Å²) < 4.78 is 5.50. The summed E-state index contributed by atoms with van der Waals surface area (Å²) in [6, 6.07) is 14.7. The molecule has 0 fully saturated rings. The van der Waals surface area contributed by atoms with Crippen molar-refractivity contribution in [3.8, 4) is 11.1 Å². The van der Waals surface area contributed by atoms with Gasteiger partial charge in [0.2, 0.25) is 5.91 Å². The maximum absolute atomic E-state index is 13.1. The van der Waals surface area contributed by atoms with Gasteiger partial charge in [0, 0.05) is 36.7 Å². The summed E-state index contributed by atoms with van der Waals surface area (Å²) in [5, 5.41) is 18.7. The number of carboxylic acids is 1. The number of nitrogens with one attached hydrogen (secondary N) is 2. The van der Waals surface area contributed by atoms with Crippen LogP contribution in [-0.4, -0.2) is 57.4 Å². The number of ether oxygens (including phenoxy) is 1. The number of benzene rings is 2. The van der Waals surface area contributed by atoms with E-state index >= 15 is 0 Å². The average molecular weight is 460 g/mol. The SMILES string of the molecule is O=C(O)CC(NC(=O)OCC1c2ccccc2-c2ccccc21)C(=O)N1CCc2[nH]ncc2C1. The summed E-state index contributed by atoms with van der Waals surface area (Å²) in [5.74, 6) is -1.77. The lowest BCUT2D eigenvalue weighted by Crippen LogP contribution is -2.50. The van der Waals surface area contributed by atoms with Crippen molar-refractivity contribution in [3.63, 3.8) is 0 Å². The average Bonchev–Trinajstić information content (AvgIpc) is 3.43. The number of amides is 2. The first-order valence-electron chi connectivity index (χ1n) is 11.1. The molecule has 1 aliphatic carbocycles. The Morgan fingerprint density at radius 2 is 1.79 bits per heavy atom. The summed E-state index contributed by atoms with van der Waals surface area (Å²) >= 11 is 0. The van der Waals surface area contributed by atoms with Crippen molar-refractivity contribution in [2.75, 3.05) is 13.2 Å². The van der Waals surface area contributed by atoms with E-state index in [1.54, 1.807) is 6.20 Å². The van der Waals surface area contributed by atoms with Crippen LogP contribution >= 0.6 is 0 Å². The topological polar surface area (TPSA) is 125 Å². The number of carbonyl (C=O) groups excluding carboxylic acids is 2. The fourth-order valence-corrected chi connectivity index (χ4v) is 4.79. The minimum atomic E-state index is -1.22. The molecule has 9 nitrogen and oxygen atoms in total. The molecule has 1 aliphatic heterocycles. The highest BCUT2D eigenvalue weighted by molar-refractivity contribution is 5.89. The molecule has 1 unspecified atom stereocenters. The number of carbonyl (C=O) groups is 3. The number of nitrogens with zero attached hydrogens (tertiary/aromatic N) is 2. The summed E-state index contributed by atoms with van der Waals surface area (Å²) in [4.78, 5) is 38.6. The van der Waals surface area contributed by atoms with Gasteiger partial charge >= 0.3 is 12.1 Å². The highest BCUT2D eigenvalue weighted by atomic mass is 16.5. The third-order valence-corrected chi connectivity index (χ3v) is 6.42. The standard InChI is InChI=1S/C25H24N4O5/c30-23(31)11-22(24(32)29-10-9-21-15(13-29)12-26-28-21)27-25(33)34-14-20-18-7-3-1-5-16(18)17-6-2-4-8-19(17)20/h1-8,12,20,22H,9-11,13-14H2,(H,26,28)(H,27,33)(H,30,31). The third kappa shape index (κ3) is 4.12. The number of hydrogen-bond acceptors (Lipinski definition) is 5. The molecule has 2 aromatic carbocycles. The molecule has 2 heterocycles. The van der Waals surface area contributed by atoms with Crippen molar-refractivity contribution in [2.24, 2.45) is 0 Å². The number of H-pyrrole nitrogens is 1. The number of fused-ring (bicyclic) bond motifs is 4. The lowest BCUT2D eigenvalue weighted by atomic mass is 9.98. The molecule has 1 aromatic heterocycles. The first-order chi connectivity index (χ1) is 16.5. The number of aliphatic carboxylic acids is 1. The van der Waals surface area contributed by atoms with Gasteiger partial charge in [0.15, 0.2) is 0 Å². The molecule has 0 saturated heterocycles. The third-order valence-electron chi connectivity index (χ3n) is 6.42.